The van der Waals surface area contributed by atoms with Gasteiger partial charge in [-0.15, -0.1) is 0 Å². The van der Waals surface area contributed by atoms with E-state index in [1.165, 1.54) is 0 Å². The third kappa shape index (κ3) is 3.46. The Morgan fingerprint density at radius 1 is 1.50 bits per heavy atom. The second-order valence-electron chi connectivity index (χ2n) is 5.41. The molecule has 1 amide bonds. The van der Waals surface area contributed by atoms with Gasteiger partial charge in [0.1, 0.15) is 0 Å². The number of amides is 1. The molecular weight excluding hydrogens is 202 g/mol. The molecule has 1 fully saturated rings. The number of carbonyl (C=O) groups is 1. The zero-order valence-corrected chi connectivity index (χ0v) is 10.9. The normalized spacial score (nSPS) is 29.1. The van der Waals surface area contributed by atoms with Gasteiger partial charge in [-0.2, -0.15) is 0 Å². The smallest absolute Gasteiger partial charge is 0.237 e. The number of rotatable bonds is 3. The van der Waals surface area contributed by atoms with Crippen LogP contribution in [0.5, 0.6) is 0 Å². The SMILES string of the molecule is CC1CN(C)CCC1NC(=O)[C@H](N)C(C)C. The first-order valence-corrected chi connectivity index (χ1v) is 6.16. The Morgan fingerprint density at radius 2 is 2.12 bits per heavy atom. The van der Waals surface area contributed by atoms with Crippen molar-refractivity contribution in [3.63, 3.8) is 0 Å². The fraction of sp³-hybridized carbons (Fsp3) is 0.917. The van der Waals surface area contributed by atoms with E-state index in [0.717, 1.165) is 19.5 Å². The first kappa shape index (κ1) is 13.5. The summed E-state index contributed by atoms with van der Waals surface area (Å²) in [7, 11) is 2.12. The lowest BCUT2D eigenvalue weighted by Gasteiger charge is -2.35. The molecule has 16 heavy (non-hydrogen) atoms. The van der Waals surface area contributed by atoms with Crippen molar-refractivity contribution in [3.05, 3.63) is 0 Å². The second kappa shape index (κ2) is 5.64. The molecule has 1 heterocycles. The number of hydrogen-bond donors (Lipinski definition) is 2. The number of piperidine rings is 1. The molecule has 4 nitrogen and oxygen atoms in total. The zero-order chi connectivity index (χ0) is 12.3. The molecule has 1 rings (SSSR count). The van der Waals surface area contributed by atoms with Crippen LogP contribution >= 0.6 is 0 Å². The molecule has 1 saturated heterocycles. The summed E-state index contributed by atoms with van der Waals surface area (Å²) in [6, 6.07) is -0.0969. The maximum atomic E-state index is 11.8. The van der Waals surface area contributed by atoms with Gasteiger partial charge in [0, 0.05) is 12.6 Å². The minimum absolute atomic E-state index is 0.00333. The minimum atomic E-state index is -0.383. The third-order valence-electron chi connectivity index (χ3n) is 3.46. The molecule has 0 aromatic rings. The van der Waals surface area contributed by atoms with E-state index in [9.17, 15) is 4.79 Å². The van der Waals surface area contributed by atoms with Crippen LogP contribution in [0.1, 0.15) is 27.2 Å². The van der Waals surface area contributed by atoms with E-state index >= 15 is 0 Å². The van der Waals surface area contributed by atoms with Gasteiger partial charge in [-0.25, -0.2) is 0 Å². The van der Waals surface area contributed by atoms with E-state index < -0.39 is 0 Å². The minimum Gasteiger partial charge on any atom is -0.352 e. The fourth-order valence-corrected chi connectivity index (χ4v) is 2.15. The van der Waals surface area contributed by atoms with E-state index in [1.807, 2.05) is 13.8 Å². The van der Waals surface area contributed by atoms with Crippen molar-refractivity contribution in [3.8, 4) is 0 Å². The molecule has 0 spiro atoms. The van der Waals surface area contributed by atoms with Crippen molar-refractivity contribution in [1.29, 1.82) is 0 Å². The average molecular weight is 227 g/mol. The van der Waals surface area contributed by atoms with Crippen molar-refractivity contribution in [2.24, 2.45) is 17.6 Å². The highest BCUT2D eigenvalue weighted by Crippen LogP contribution is 2.15. The number of hydrogen-bond acceptors (Lipinski definition) is 3. The van der Waals surface area contributed by atoms with Gasteiger partial charge >= 0.3 is 0 Å². The molecule has 3 N–H and O–H groups in total. The topological polar surface area (TPSA) is 58.4 Å². The molecule has 0 aromatic carbocycles. The van der Waals surface area contributed by atoms with E-state index in [1.54, 1.807) is 0 Å². The predicted octanol–water partition coefficient (Wildman–Crippen LogP) is 0.426. The summed E-state index contributed by atoms with van der Waals surface area (Å²) in [4.78, 5) is 14.1. The van der Waals surface area contributed by atoms with Crippen molar-refractivity contribution in [2.45, 2.75) is 39.3 Å². The monoisotopic (exact) mass is 227 g/mol. The molecule has 0 bridgehead atoms. The van der Waals surface area contributed by atoms with Crippen molar-refractivity contribution >= 4 is 5.91 Å². The summed E-state index contributed by atoms with van der Waals surface area (Å²) < 4.78 is 0. The van der Waals surface area contributed by atoms with Crippen LogP contribution in [-0.2, 0) is 4.79 Å². The Morgan fingerprint density at radius 3 is 2.62 bits per heavy atom. The van der Waals surface area contributed by atoms with Crippen molar-refractivity contribution < 1.29 is 4.79 Å². The summed E-state index contributed by atoms with van der Waals surface area (Å²) in [6.45, 7) is 8.22. The van der Waals surface area contributed by atoms with Gasteiger partial charge in [0.25, 0.3) is 0 Å². The van der Waals surface area contributed by atoms with Crippen LogP contribution in [0.2, 0.25) is 0 Å². The van der Waals surface area contributed by atoms with Gasteiger partial charge in [-0.3, -0.25) is 4.79 Å². The lowest BCUT2D eigenvalue weighted by Crippen LogP contribution is -2.53. The van der Waals surface area contributed by atoms with Crippen LogP contribution < -0.4 is 11.1 Å². The van der Waals surface area contributed by atoms with Crippen LogP contribution in [0.4, 0.5) is 0 Å². The molecule has 0 radical (unpaired) electrons. The number of nitrogens with two attached hydrogens (primary N) is 1. The van der Waals surface area contributed by atoms with Gasteiger partial charge in [-0.05, 0) is 31.8 Å². The maximum absolute atomic E-state index is 11.8. The molecule has 0 saturated carbocycles. The first-order valence-electron chi connectivity index (χ1n) is 6.16. The summed E-state index contributed by atoms with van der Waals surface area (Å²) in [5.74, 6) is 0.694. The third-order valence-corrected chi connectivity index (χ3v) is 3.46. The van der Waals surface area contributed by atoms with E-state index in [4.69, 9.17) is 5.73 Å². The standard InChI is InChI=1S/C12H25N3O/c1-8(2)11(13)12(16)14-10-5-6-15(4)7-9(10)3/h8-11H,5-7,13H2,1-4H3,(H,14,16)/t9?,10?,11-/m1/s1. The van der Waals surface area contributed by atoms with Gasteiger partial charge in [-0.1, -0.05) is 20.8 Å². The van der Waals surface area contributed by atoms with E-state index in [0.29, 0.717) is 5.92 Å². The molecule has 94 valence electrons. The van der Waals surface area contributed by atoms with Crippen molar-refractivity contribution in [2.75, 3.05) is 20.1 Å². The van der Waals surface area contributed by atoms with Crippen molar-refractivity contribution in [1.82, 2.24) is 10.2 Å². The number of carbonyl (C=O) groups excluding carboxylic acids is 1. The molecule has 3 atom stereocenters. The van der Waals surface area contributed by atoms with Gasteiger partial charge in [0.05, 0.1) is 6.04 Å². The Labute approximate surface area is 98.6 Å². The van der Waals surface area contributed by atoms with E-state index in [2.05, 4.69) is 24.2 Å². The highest BCUT2D eigenvalue weighted by atomic mass is 16.2. The Hall–Kier alpha value is -0.610. The van der Waals surface area contributed by atoms with Crippen LogP contribution in [0.3, 0.4) is 0 Å². The van der Waals surface area contributed by atoms with Gasteiger partial charge in [0.15, 0.2) is 0 Å². The second-order valence-corrected chi connectivity index (χ2v) is 5.41. The van der Waals surface area contributed by atoms with Gasteiger partial charge < -0.3 is 16.0 Å². The van der Waals surface area contributed by atoms with Crippen LogP contribution in [0.15, 0.2) is 0 Å². The molecule has 0 aromatic heterocycles. The fourth-order valence-electron chi connectivity index (χ4n) is 2.15. The summed E-state index contributed by atoms with van der Waals surface area (Å²) in [5, 5.41) is 3.08. The van der Waals surface area contributed by atoms with Gasteiger partial charge in [0.2, 0.25) is 5.91 Å². The highest BCUT2D eigenvalue weighted by Gasteiger charge is 2.27. The first-order chi connectivity index (χ1) is 7.41. The average Bonchev–Trinajstić information content (AvgIpc) is 2.20. The molecule has 1 aliphatic heterocycles. The van der Waals surface area contributed by atoms with Crippen LogP contribution in [0.25, 0.3) is 0 Å². The zero-order valence-electron chi connectivity index (χ0n) is 10.9. The quantitative estimate of drug-likeness (QED) is 0.735. The Balaban J connectivity index is 2.45. The summed E-state index contributed by atoms with van der Waals surface area (Å²) >= 11 is 0. The van der Waals surface area contributed by atoms with Crippen LogP contribution in [0, 0.1) is 11.8 Å². The number of nitrogens with one attached hydrogen (secondary N) is 1. The predicted molar refractivity (Wildman–Crippen MR) is 66.0 cm³/mol. The summed E-state index contributed by atoms with van der Waals surface area (Å²) in [6.07, 6.45) is 1.02. The van der Waals surface area contributed by atoms with E-state index in [-0.39, 0.29) is 23.9 Å². The Kier molecular flexibility index (Phi) is 4.74. The molecule has 4 heteroatoms. The highest BCUT2D eigenvalue weighted by molar-refractivity contribution is 5.82. The number of nitrogens with zero attached hydrogens (tertiary/aromatic N) is 1. The molecule has 2 unspecified atom stereocenters. The summed E-state index contributed by atoms with van der Waals surface area (Å²) in [5.41, 5.74) is 5.83. The Bertz CT molecular complexity index is 242. The maximum Gasteiger partial charge on any atom is 0.237 e. The largest absolute Gasteiger partial charge is 0.352 e. The lowest BCUT2D eigenvalue weighted by molar-refractivity contribution is -0.124. The number of likely N-dealkylation sites (tertiary alicyclic amines) is 1. The molecule has 0 aliphatic carbocycles. The molecule has 1 aliphatic rings. The molecular formula is C12H25N3O. The lowest BCUT2D eigenvalue weighted by atomic mass is 9.93. The van der Waals surface area contributed by atoms with Crippen LogP contribution in [-0.4, -0.2) is 43.0 Å².